The summed E-state index contributed by atoms with van der Waals surface area (Å²) in [6.07, 6.45) is -1.07. The number of rotatable bonds is 6. The van der Waals surface area contributed by atoms with E-state index in [-0.39, 0.29) is 22.7 Å². The maximum atomic E-state index is 13.7. The number of nitrogens with one attached hydrogen (secondary N) is 2. The molecule has 0 spiro atoms. The number of amides is 2. The van der Waals surface area contributed by atoms with E-state index in [0.717, 1.165) is 0 Å². The Morgan fingerprint density at radius 2 is 1.40 bits per heavy atom. The lowest BCUT2D eigenvalue weighted by Gasteiger charge is -2.16. The molecule has 6 nitrogen and oxygen atoms in total. The van der Waals surface area contributed by atoms with E-state index in [0.29, 0.717) is 5.56 Å². The molecule has 0 aromatic heterocycles. The van der Waals surface area contributed by atoms with Crippen LogP contribution in [0, 0.1) is 5.82 Å². The van der Waals surface area contributed by atoms with Crippen LogP contribution in [0.1, 0.15) is 33.2 Å². The molecule has 0 saturated heterocycles. The zero-order valence-electron chi connectivity index (χ0n) is 16.1. The molecule has 0 unspecified atom stereocenters. The molecule has 0 heterocycles. The van der Waals surface area contributed by atoms with Crippen molar-refractivity contribution in [3.8, 4) is 5.75 Å². The maximum absolute atomic E-state index is 13.7. The number of halogens is 1. The van der Waals surface area contributed by atoms with E-state index in [2.05, 4.69) is 10.9 Å². The van der Waals surface area contributed by atoms with Gasteiger partial charge in [0.1, 0.15) is 0 Å². The van der Waals surface area contributed by atoms with Gasteiger partial charge in [0.05, 0.1) is 5.56 Å². The van der Waals surface area contributed by atoms with Gasteiger partial charge in [0.25, 0.3) is 11.8 Å². The lowest BCUT2D eigenvalue weighted by Crippen LogP contribution is -2.47. The summed E-state index contributed by atoms with van der Waals surface area (Å²) in [6.45, 7) is 1.42. The summed E-state index contributed by atoms with van der Waals surface area (Å²) in [5.41, 5.74) is 5.24. The molecule has 0 fully saturated rings. The topological polar surface area (TPSA) is 84.5 Å². The normalized spacial score (nSPS) is 11.3. The fraction of sp³-hybridized carbons (Fsp3) is 0.0870. The number of carbonyl (C=O) groups excluding carboxylic acids is 3. The van der Waals surface area contributed by atoms with Crippen molar-refractivity contribution in [2.75, 3.05) is 0 Å². The number of carbonyl (C=O) groups is 3. The molecule has 3 rings (SSSR count). The number of hydrogen-bond acceptors (Lipinski definition) is 4. The first-order valence-electron chi connectivity index (χ1n) is 9.17. The number of benzene rings is 3. The minimum atomic E-state index is -1.07. The lowest BCUT2D eigenvalue weighted by molar-refractivity contribution is -0.128. The summed E-state index contributed by atoms with van der Waals surface area (Å²) in [5, 5.41) is 0. The smallest absolute Gasteiger partial charge is 0.279 e. The Bertz CT molecular complexity index is 1070. The van der Waals surface area contributed by atoms with Crippen LogP contribution in [0.2, 0.25) is 0 Å². The second-order valence-corrected chi connectivity index (χ2v) is 6.37. The van der Waals surface area contributed by atoms with Crippen molar-refractivity contribution in [3.05, 3.63) is 101 Å². The van der Waals surface area contributed by atoms with Gasteiger partial charge in [-0.2, -0.15) is 0 Å². The first kappa shape index (κ1) is 20.7. The number of hydrogen-bond donors (Lipinski definition) is 2. The predicted octanol–water partition coefficient (Wildman–Crippen LogP) is 3.29. The van der Waals surface area contributed by atoms with Crippen molar-refractivity contribution in [1.29, 1.82) is 0 Å². The van der Waals surface area contributed by atoms with Gasteiger partial charge in [-0.15, -0.1) is 0 Å². The number of ether oxygens (including phenoxy) is 1. The van der Waals surface area contributed by atoms with E-state index in [1.807, 2.05) is 0 Å². The minimum Gasteiger partial charge on any atom is -0.478 e. The zero-order valence-corrected chi connectivity index (χ0v) is 16.1. The van der Waals surface area contributed by atoms with Crippen molar-refractivity contribution < 1.29 is 23.5 Å². The molecule has 2 N–H and O–H groups in total. The summed E-state index contributed by atoms with van der Waals surface area (Å²) in [7, 11) is 0. The summed E-state index contributed by atoms with van der Waals surface area (Å²) < 4.78 is 18.9. The Morgan fingerprint density at radius 1 is 0.800 bits per heavy atom. The second kappa shape index (κ2) is 9.47. The van der Waals surface area contributed by atoms with Gasteiger partial charge in [0, 0.05) is 11.1 Å². The SMILES string of the molecule is C[C@@H](Oc1ccccc1F)C(=O)NNC(=O)c1ccccc1C(=O)c1ccccc1. The van der Waals surface area contributed by atoms with Crippen molar-refractivity contribution in [2.45, 2.75) is 13.0 Å². The zero-order chi connectivity index (χ0) is 21.5. The van der Waals surface area contributed by atoms with Gasteiger partial charge in [0.2, 0.25) is 0 Å². The number of hydrazine groups is 1. The van der Waals surface area contributed by atoms with E-state index in [1.54, 1.807) is 48.5 Å². The van der Waals surface area contributed by atoms with Crippen molar-refractivity contribution in [2.24, 2.45) is 0 Å². The highest BCUT2D eigenvalue weighted by Crippen LogP contribution is 2.17. The Labute approximate surface area is 172 Å². The van der Waals surface area contributed by atoms with Gasteiger partial charge < -0.3 is 4.74 Å². The minimum absolute atomic E-state index is 0.0784. The fourth-order valence-corrected chi connectivity index (χ4v) is 2.70. The number of ketones is 1. The first-order chi connectivity index (χ1) is 14.5. The van der Waals surface area contributed by atoms with Crippen molar-refractivity contribution in [3.63, 3.8) is 0 Å². The summed E-state index contributed by atoms with van der Waals surface area (Å²) >= 11 is 0. The summed E-state index contributed by atoms with van der Waals surface area (Å²) in [5.74, 6) is -2.34. The third-order valence-electron chi connectivity index (χ3n) is 4.26. The van der Waals surface area contributed by atoms with Gasteiger partial charge in [0.15, 0.2) is 23.5 Å². The van der Waals surface area contributed by atoms with Crippen molar-refractivity contribution in [1.82, 2.24) is 10.9 Å². The predicted molar refractivity (Wildman–Crippen MR) is 108 cm³/mol. The molecular formula is C23H19FN2O4. The van der Waals surface area contributed by atoms with Crippen LogP contribution < -0.4 is 15.6 Å². The molecule has 152 valence electrons. The fourth-order valence-electron chi connectivity index (χ4n) is 2.70. The quantitative estimate of drug-likeness (QED) is 0.486. The molecule has 3 aromatic rings. The summed E-state index contributed by atoms with van der Waals surface area (Å²) in [4.78, 5) is 37.5. The molecule has 0 saturated carbocycles. The monoisotopic (exact) mass is 406 g/mol. The molecule has 0 aliphatic rings. The molecule has 3 aromatic carbocycles. The van der Waals surface area contributed by atoms with Crippen molar-refractivity contribution >= 4 is 17.6 Å². The standard InChI is InChI=1S/C23H19FN2O4/c1-15(30-20-14-8-7-13-19(20)24)22(28)25-26-23(29)18-12-6-5-11-17(18)21(27)16-9-3-2-4-10-16/h2-15H,1H3,(H,25,28)(H,26,29)/t15-/m1/s1. The number of para-hydroxylation sites is 1. The Morgan fingerprint density at radius 3 is 2.10 bits per heavy atom. The van der Waals surface area contributed by atoms with Crippen LogP contribution in [0.5, 0.6) is 5.75 Å². The lowest BCUT2D eigenvalue weighted by atomic mass is 9.98. The molecule has 30 heavy (non-hydrogen) atoms. The van der Waals surface area contributed by atoms with Crippen LogP contribution in [0.25, 0.3) is 0 Å². The van der Waals surface area contributed by atoms with Gasteiger partial charge >= 0.3 is 0 Å². The van der Waals surface area contributed by atoms with Crippen LogP contribution in [-0.2, 0) is 4.79 Å². The molecule has 1 atom stereocenters. The van der Waals surface area contributed by atoms with Gasteiger partial charge in [-0.05, 0) is 25.1 Å². The molecule has 0 bridgehead atoms. The third kappa shape index (κ3) is 4.88. The average Bonchev–Trinajstić information content (AvgIpc) is 2.78. The Hall–Kier alpha value is -4.00. The van der Waals surface area contributed by atoms with Crippen LogP contribution >= 0.6 is 0 Å². The second-order valence-electron chi connectivity index (χ2n) is 6.37. The van der Waals surface area contributed by atoms with Crippen LogP contribution in [0.15, 0.2) is 78.9 Å². The van der Waals surface area contributed by atoms with Crippen LogP contribution in [0.4, 0.5) is 4.39 Å². The Balaban J connectivity index is 1.66. The van der Waals surface area contributed by atoms with E-state index >= 15 is 0 Å². The highest BCUT2D eigenvalue weighted by Gasteiger charge is 2.20. The molecule has 0 aliphatic carbocycles. The van der Waals surface area contributed by atoms with Gasteiger partial charge in [-0.25, -0.2) is 4.39 Å². The molecular weight excluding hydrogens is 387 g/mol. The average molecular weight is 406 g/mol. The highest BCUT2D eigenvalue weighted by molar-refractivity contribution is 6.15. The third-order valence-corrected chi connectivity index (χ3v) is 4.26. The van der Waals surface area contributed by atoms with Crippen LogP contribution in [0.3, 0.4) is 0 Å². The van der Waals surface area contributed by atoms with E-state index < -0.39 is 23.7 Å². The van der Waals surface area contributed by atoms with E-state index in [1.165, 1.54) is 37.3 Å². The largest absolute Gasteiger partial charge is 0.478 e. The molecule has 0 radical (unpaired) electrons. The highest BCUT2D eigenvalue weighted by atomic mass is 19.1. The molecule has 7 heteroatoms. The van der Waals surface area contributed by atoms with E-state index in [4.69, 9.17) is 4.74 Å². The van der Waals surface area contributed by atoms with E-state index in [9.17, 15) is 18.8 Å². The molecule has 0 aliphatic heterocycles. The van der Waals surface area contributed by atoms with Gasteiger partial charge in [-0.1, -0.05) is 60.7 Å². The van der Waals surface area contributed by atoms with Crippen LogP contribution in [-0.4, -0.2) is 23.7 Å². The Kier molecular flexibility index (Phi) is 6.54. The summed E-state index contributed by atoms with van der Waals surface area (Å²) in [6, 6.07) is 20.5. The van der Waals surface area contributed by atoms with Gasteiger partial charge in [-0.3, -0.25) is 25.2 Å². The molecule has 2 amide bonds. The first-order valence-corrected chi connectivity index (χ1v) is 9.17. The maximum Gasteiger partial charge on any atom is 0.279 e.